The first kappa shape index (κ1) is 20.4. The average Bonchev–Trinajstić information content (AvgIpc) is 3.12. The summed E-state index contributed by atoms with van der Waals surface area (Å²) in [5.74, 6) is -0.789. The summed E-state index contributed by atoms with van der Waals surface area (Å²) in [5, 5.41) is 11.7. The molecule has 1 N–H and O–H groups in total. The van der Waals surface area contributed by atoms with Gasteiger partial charge in [0.05, 0.1) is 30.3 Å². The van der Waals surface area contributed by atoms with Crippen LogP contribution in [0.3, 0.4) is 0 Å². The largest absolute Gasteiger partial charge is 0.461 e. The first-order valence-corrected chi connectivity index (χ1v) is 9.74. The normalized spacial score (nSPS) is 10.2. The predicted molar refractivity (Wildman–Crippen MR) is 113 cm³/mol. The van der Waals surface area contributed by atoms with Gasteiger partial charge in [-0.3, -0.25) is 4.79 Å². The van der Waals surface area contributed by atoms with Gasteiger partial charge in [-0.15, -0.1) is 0 Å². The number of nitrogens with zero attached hydrogens (tertiary/aromatic N) is 2. The minimum Gasteiger partial charge on any atom is -0.461 e. The van der Waals surface area contributed by atoms with Crippen LogP contribution in [-0.2, 0) is 16.0 Å². The van der Waals surface area contributed by atoms with E-state index < -0.39 is 5.97 Å². The van der Waals surface area contributed by atoms with Crippen molar-refractivity contribution in [1.82, 2.24) is 4.57 Å². The molecule has 0 aliphatic carbocycles. The van der Waals surface area contributed by atoms with E-state index in [0.717, 1.165) is 15.7 Å². The Morgan fingerprint density at radius 2 is 1.79 bits per heavy atom. The molecule has 0 unspecified atom stereocenters. The highest BCUT2D eigenvalue weighted by atomic mass is 79.9. The molecule has 1 heterocycles. The molecule has 0 aliphatic rings. The maximum atomic E-state index is 12.6. The van der Waals surface area contributed by atoms with Crippen molar-refractivity contribution in [2.75, 3.05) is 11.9 Å². The van der Waals surface area contributed by atoms with Crippen molar-refractivity contribution in [3.05, 3.63) is 82.1 Å². The Balaban J connectivity index is 1.85. The number of hydrogen-bond acceptors (Lipinski definition) is 4. The maximum absolute atomic E-state index is 12.6. The summed E-state index contributed by atoms with van der Waals surface area (Å²) < 4.78 is 7.79. The van der Waals surface area contributed by atoms with Gasteiger partial charge in [0.1, 0.15) is 0 Å². The highest BCUT2D eigenvalue weighted by Crippen LogP contribution is 2.24. The number of amides is 1. The zero-order valence-corrected chi connectivity index (χ0v) is 17.3. The Morgan fingerprint density at radius 3 is 2.41 bits per heavy atom. The lowest BCUT2D eigenvalue weighted by Gasteiger charge is -2.12. The minimum absolute atomic E-state index is 0.122. The zero-order chi connectivity index (χ0) is 20.8. The van der Waals surface area contributed by atoms with Crippen LogP contribution in [0.1, 0.15) is 28.5 Å². The van der Waals surface area contributed by atoms with Gasteiger partial charge in [-0.2, -0.15) is 5.26 Å². The third-order valence-electron chi connectivity index (χ3n) is 4.18. The monoisotopic (exact) mass is 451 g/mol. The summed E-state index contributed by atoms with van der Waals surface area (Å²) in [5.41, 5.74) is 2.70. The lowest BCUT2D eigenvalue weighted by molar-refractivity contribution is -0.115. The van der Waals surface area contributed by atoms with E-state index in [4.69, 9.17) is 10.00 Å². The molecule has 0 saturated carbocycles. The Bertz CT molecular complexity index is 1060. The number of nitrogens with one attached hydrogen (secondary N) is 1. The molecule has 1 amide bonds. The van der Waals surface area contributed by atoms with Gasteiger partial charge >= 0.3 is 5.97 Å². The summed E-state index contributed by atoms with van der Waals surface area (Å²) in [7, 11) is 0. The number of esters is 1. The molecule has 0 fully saturated rings. The second-order valence-corrected chi connectivity index (χ2v) is 7.09. The number of carbonyl (C=O) groups excluding carboxylic acids is 2. The second kappa shape index (κ2) is 9.22. The number of ether oxygens (including phenoxy) is 1. The molecule has 0 bridgehead atoms. The Kier molecular flexibility index (Phi) is 6.47. The van der Waals surface area contributed by atoms with E-state index >= 15 is 0 Å². The molecule has 0 radical (unpaired) electrons. The van der Waals surface area contributed by atoms with Crippen LogP contribution in [0.5, 0.6) is 0 Å². The lowest BCUT2D eigenvalue weighted by atomic mass is 10.1. The van der Waals surface area contributed by atoms with Gasteiger partial charge in [-0.1, -0.05) is 28.1 Å². The summed E-state index contributed by atoms with van der Waals surface area (Å²) in [6, 6.07) is 18.0. The van der Waals surface area contributed by atoms with Crippen molar-refractivity contribution >= 4 is 33.5 Å². The molecule has 146 valence electrons. The SMILES string of the molecule is CCOC(=O)c1c(NC(=O)Cc2ccc(C#N)cc2)ccn1-c1ccc(Br)cc1. The van der Waals surface area contributed by atoms with Crippen LogP contribution in [-0.4, -0.2) is 23.1 Å². The summed E-state index contributed by atoms with van der Waals surface area (Å²) in [6.07, 6.45) is 1.84. The molecule has 0 spiro atoms. The van der Waals surface area contributed by atoms with E-state index in [0.29, 0.717) is 11.3 Å². The van der Waals surface area contributed by atoms with Crippen molar-refractivity contribution in [1.29, 1.82) is 5.26 Å². The van der Waals surface area contributed by atoms with Crippen molar-refractivity contribution in [2.24, 2.45) is 0 Å². The Morgan fingerprint density at radius 1 is 1.10 bits per heavy atom. The average molecular weight is 452 g/mol. The molecule has 3 rings (SSSR count). The van der Waals surface area contributed by atoms with Gasteiger partial charge in [-0.05, 0) is 55.0 Å². The number of carbonyl (C=O) groups is 2. The van der Waals surface area contributed by atoms with Crippen LogP contribution in [0, 0.1) is 11.3 Å². The molecule has 0 saturated heterocycles. The number of rotatable bonds is 6. The molecular weight excluding hydrogens is 434 g/mol. The van der Waals surface area contributed by atoms with Crippen LogP contribution in [0.2, 0.25) is 0 Å². The maximum Gasteiger partial charge on any atom is 0.357 e. The van der Waals surface area contributed by atoms with E-state index in [2.05, 4.69) is 21.2 Å². The molecule has 6 nitrogen and oxygen atoms in total. The van der Waals surface area contributed by atoms with Gasteiger partial charge in [-0.25, -0.2) is 4.79 Å². The molecule has 7 heteroatoms. The minimum atomic E-state index is -0.519. The predicted octanol–water partition coefficient (Wildman–Crippen LogP) is 4.47. The number of benzene rings is 2. The van der Waals surface area contributed by atoms with Gasteiger partial charge in [0.2, 0.25) is 5.91 Å². The molecule has 0 aliphatic heterocycles. The lowest BCUT2D eigenvalue weighted by Crippen LogP contribution is -2.18. The number of aromatic nitrogens is 1. The Labute approximate surface area is 176 Å². The standard InChI is InChI=1S/C22H18BrN3O3/c1-2-29-22(28)21-19(11-12-26(21)18-9-7-17(23)8-10-18)25-20(27)13-15-3-5-16(14-24)6-4-15/h3-12H,2,13H2,1H3,(H,25,27). The topological polar surface area (TPSA) is 84.1 Å². The molecule has 2 aromatic carbocycles. The zero-order valence-electron chi connectivity index (χ0n) is 15.7. The van der Waals surface area contributed by atoms with Crippen LogP contribution < -0.4 is 5.32 Å². The van der Waals surface area contributed by atoms with E-state index in [-0.39, 0.29) is 24.6 Å². The first-order valence-electron chi connectivity index (χ1n) is 8.95. The van der Waals surface area contributed by atoms with Gasteiger partial charge in [0.25, 0.3) is 0 Å². The van der Waals surface area contributed by atoms with E-state index in [1.165, 1.54) is 0 Å². The second-order valence-electron chi connectivity index (χ2n) is 6.18. The third kappa shape index (κ3) is 4.92. The fourth-order valence-corrected chi connectivity index (χ4v) is 3.10. The summed E-state index contributed by atoms with van der Waals surface area (Å²) in [6.45, 7) is 1.96. The van der Waals surface area contributed by atoms with Gasteiger partial charge in [0, 0.05) is 16.4 Å². The number of hydrogen-bond donors (Lipinski definition) is 1. The first-order chi connectivity index (χ1) is 14.0. The van der Waals surface area contributed by atoms with Crippen LogP contribution in [0.4, 0.5) is 5.69 Å². The van der Waals surface area contributed by atoms with Gasteiger partial charge in [0.15, 0.2) is 5.69 Å². The Hall–Kier alpha value is -3.37. The molecule has 1 aromatic heterocycles. The number of halogens is 1. The van der Waals surface area contributed by atoms with Crippen molar-refractivity contribution in [3.8, 4) is 11.8 Å². The number of anilines is 1. The quantitative estimate of drug-likeness (QED) is 0.560. The highest BCUT2D eigenvalue weighted by Gasteiger charge is 2.21. The molecule has 29 heavy (non-hydrogen) atoms. The van der Waals surface area contributed by atoms with E-state index in [1.54, 1.807) is 48.0 Å². The van der Waals surface area contributed by atoms with Gasteiger partial charge < -0.3 is 14.6 Å². The van der Waals surface area contributed by atoms with E-state index in [1.807, 2.05) is 30.3 Å². The smallest absolute Gasteiger partial charge is 0.357 e. The van der Waals surface area contributed by atoms with Crippen molar-refractivity contribution in [3.63, 3.8) is 0 Å². The van der Waals surface area contributed by atoms with E-state index in [9.17, 15) is 9.59 Å². The molecule has 3 aromatic rings. The molecular formula is C22H18BrN3O3. The van der Waals surface area contributed by atoms with Crippen LogP contribution in [0.25, 0.3) is 5.69 Å². The fraction of sp³-hybridized carbons (Fsp3) is 0.136. The summed E-state index contributed by atoms with van der Waals surface area (Å²) >= 11 is 3.39. The highest BCUT2D eigenvalue weighted by molar-refractivity contribution is 9.10. The third-order valence-corrected chi connectivity index (χ3v) is 4.71. The van der Waals surface area contributed by atoms with Crippen LogP contribution >= 0.6 is 15.9 Å². The van der Waals surface area contributed by atoms with Crippen molar-refractivity contribution < 1.29 is 14.3 Å². The fourth-order valence-electron chi connectivity index (χ4n) is 2.83. The number of nitriles is 1. The van der Waals surface area contributed by atoms with Crippen molar-refractivity contribution in [2.45, 2.75) is 13.3 Å². The summed E-state index contributed by atoms with van der Waals surface area (Å²) in [4.78, 5) is 25.1. The van der Waals surface area contributed by atoms with Crippen LogP contribution in [0.15, 0.2) is 65.3 Å². The molecule has 0 atom stereocenters.